The molecule has 0 rings (SSSR count). The summed E-state index contributed by atoms with van der Waals surface area (Å²) in [7, 11) is -4.35. The van der Waals surface area contributed by atoms with E-state index in [0.29, 0.717) is 0 Å². The molecule has 0 radical (unpaired) electrons. The first-order valence-corrected chi connectivity index (χ1v) is 3.97. The third-order valence-corrected chi connectivity index (χ3v) is 1.09. The number of hydrogen-bond acceptors (Lipinski definition) is 5. The number of rotatable bonds is 3. The molecule has 0 aliphatic carbocycles. The topological polar surface area (TPSA) is 130 Å². The molecular weight excluding hydrogens is 165 g/mol. The van der Waals surface area contributed by atoms with Crippen LogP contribution in [0.15, 0.2) is 0 Å². The van der Waals surface area contributed by atoms with E-state index < -0.39 is 20.0 Å². The highest BCUT2D eigenvalue weighted by atomic mass is 31.2. The van der Waals surface area contributed by atoms with E-state index in [1.807, 2.05) is 0 Å². The molecule has 0 aromatic heterocycles. The van der Waals surface area contributed by atoms with E-state index in [2.05, 4.69) is 0 Å². The minimum Gasteiger partial charge on any atom is -0.330 e. The summed E-state index contributed by atoms with van der Waals surface area (Å²) >= 11 is 0. The van der Waals surface area contributed by atoms with Crippen molar-refractivity contribution >= 4 is 7.60 Å². The molecule has 0 saturated carbocycles. The van der Waals surface area contributed by atoms with Gasteiger partial charge in [-0.3, -0.25) is 4.57 Å². The van der Waals surface area contributed by atoms with Crippen molar-refractivity contribution < 1.29 is 29.7 Å². The van der Waals surface area contributed by atoms with Crippen LogP contribution in [-0.2, 0) is 4.57 Å². The number of hydrogen-bond donors (Lipinski definition) is 6. The van der Waals surface area contributed by atoms with Crippen molar-refractivity contribution in [2.45, 2.75) is 6.10 Å². The van der Waals surface area contributed by atoms with Gasteiger partial charge in [0.25, 0.3) is 0 Å². The minimum atomic E-state index is -4.35. The highest BCUT2D eigenvalue weighted by Gasteiger charge is 2.22. The summed E-state index contributed by atoms with van der Waals surface area (Å²) in [4.78, 5) is 16.2. The van der Waals surface area contributed by atoms with E-state index in [-0.39, 0.29) is 0 Å². The second-order valence-corrected chi connectivity index (χ2v) is 3.28. The zero-order valence-corrected chi connectivity index (χ0v) is 5.69. The smallest absolute Gasteiger partial charge is 0.330 e. The number of nitrogens with one attached hydrogen (secondary N) is 1. The van der Waals surface area contributed by atoms with Crippen molar-refractivity contribution in [2.24, 2.45) is 0 Å². The lowest BCUT2D eigenvalue weighted by atomic mass is 10.9. The molecule has 0 saturated heterocycles. The van der Waals surface area contributed by atoms with E-state index in [4.69, 9.17) is 25.1 Å². The Hall–Kier alpha value is -0.0100. The third-order valence-electron chi connectivity index (χ3n) is 0.522. The Labute approximate surface area is 56.1 Å². The lowest BCUT2D eigenvalue weighted by Crippen LogP contribution is -2.45. The molecule has 0 aromatic carbocycles. The highest BCUT2D eigenvalue weighted by molar-refractivity contribution is 7.51. The van der Waals surface area contributed by atoms with Crippen LogP contribution in [0.1, 0.15) is 0 Å². The second-order valence-electron chi connectivity index (χ2n) is 1.63. The molecule has 0 atom stereocenters. The molecule has 6 N–H and O–H groups in total. The fraction of sp³-hybridized carbons (Fsp3) is 1.00. The van der Waals surface area contributed by atoms with Crippen LogP contribution in [0.4, 0.5) is 0 Å². The van der Waals surface area contributed by atoms with Crippen LogP contribution in [0.3, 0.4) is 0 Å². The Morgan fingerprint density at radius 2 is 1.70 bits per heavy atom. The van der Waals surface area contributed by atoms with E-state index in [0.717, 1.165) is 0 Å². The maximum absolute atomic E-state index is 9.98. The summed E-state index contributed by atoms with van der Waals surface area (Å²) < 4.78 is 9.98. The van der Waals surface area contributed by atoms with Gasteiger partial charge in [0, 0.05) is 0 Å². The first-order valence-electron chi connectivity index (χ1n) is 2.17. The zero-order valence-electron chi connectivity index (χ0n) is 4.80. The molecule has 0 fully saturated rings. The van der Waals surface area contributed by atoms with Crippen LogP contribution < -0.4 is 5.32 Å². The van der Waals surface area contributed by atoms with Gasteiger partial charge in [-0.05, 0) is 0 Å². The molecule has 7 nitrogen and oxygen atoms in total. The summed E-state index contributed by atoms with van der Waals surface area (Å²) in [6, 6.07) is 0. The van der Waals surface area contributed by atoms with Gasteiger partial charge in [0.05, 0.1) is 0 Å². The number of aliphatic hydroxyl groups is 3. The molecule has 0 aromatic rings. The molecule has 0 spiro atoms. The second kappa shape index (κ2) is 2.93. The van der Waals surface area contributed by atoms with Gasteiger partial charge in [-0.1, -0.05) is 0 Å². The average Bonchev–Trinajstić information content (AvgIpc) is 1.57. The maximum Gasteiger partial charge on any atom is 0.343 e. The fourth-order valence-corrected chi connectivity index (χ4v) is 0.627. The normalized spacial score (nSPS) is 13.7. The third kappa shape index (κ3) is 7.99. The summed E-state index contributed by atoms with van der Waals surface area (Å²) in [6.07, 6.45) is -4.24. The quantitative estimate of drug-likeness (QED) is 0.202. The van der Waals surface area contributed by atoms with Crippen molar-refractivity contribution in [2.75, 3.05) is 6.29 Å². The molecule has 0 aliphatic heterocycles. The Kier molecular flexibility index (Phi) is 2.93. The lowest BCUT2D eigenvalue weighted by molar-refractivity contribution is -0.329. The molecule has 10 heavy (non-hydrogen) atoms. The van der Waals surface area contributed by atoms with Gasteiger partial charge >= 0.3 is 13.7 Å². The van der Waals surface area contributed by atoms with Crippen LogP contribution >= 0.6 is 7.60 Å². The summed E-state index contributed by atoms with van der Waals surface area (Å²) in [5, 5.41) is 25.5. The molecule has 0 bridgehead atoms. The van der Waals surface area contributed by atoms with Crippen LogP contribution in [0.25, 0.3) is 0 Å². The summed E-state index contributed by atoms with van der Waals surface area (Å²) in [5.74, 6) is 0. The Morgan fingerprint density at radius 3 is 1.80 bits per heavy atom. The van der Waals surface area contributed by atoms with Gasteiger partial charge < -0.3 is 25.1 Å². The van der Waals surface area contributed by atoms with Gasteiger partial charge in [-0.2, -0.15) is 0 Å². The van der Waals surface area contributed by atoms with Crippen molar-refractivity contribution in [1.82, 2.24) is 5.32 Å². The van der Waals surface area contributed by atoms with E-state index >= 15 is 0 Å². The Bertz CT molecular complexity index is 144. The Morgan fingerprint density at radius 1 is 1.30 bits per heavy atom. The predicted molar refractivity (Wildman–Crippen MR) is 29.4 cm³/mol. The van der Waals surface area contributed by atoms with Gasteiger partial charge in [-0.25, -0.2) is 5.32 Å². The standard InChI is InChI=1S/C2H8NO6P/c4-2(5,6)3-1-10(7,8)9/h3-6H,1H2,(H2,7,8,9). The molecule has 0 amide bonds. The van der Waals surface area contributed by atoms with Gasteiger partial charge in [0.2, 0.25) is 0 Å². The van der Waals surface area contributed by atoms with Gasteiger partial charge in [-0.15, -0.1) is 0 Å². The zero-order chi connectivity index (χ0) is 8.41. The monoisotopic (exact) mass is 173 g/mol. The SMILES string of the molecule is O=P(O)(O)CNC(O)(O)O. The largest absolute Gasteiger partial charge is 0.343 e. The predicted octanol–water partition coefficient (Wildman–Crippen LogP) is -2.70. The van der Waals surface area contributed by atoms with E-state index in [1.54, 1.807) is 0 Å². The van der Waals surface area contributed by atoms with E-state index in [1.165, 1.54) is 5.32 Å². The van der Waals surface area contributed by atoms with Crippen molar-refractivity contribution in [1.29, 1.82) is 0 Å². The molecule has 0 aliphatic rings. The molecule has 62 valence electrons. The van der Waals surface area contributed by atoms with Gasteiger partial charge in [0.1, 0.15) is 6.29 Å². The minimum absolute atomic E-state index is 1.00. The van der Waals surface area contributed by atoms with Crippen LogP contribution in [0, 0.1) is 0 Å². The fourth-order valence-electron chi connectivity index (χ4n) is 0.209. The molecule has 0 heterocycles. The maximum atomic E-state index is 9.98. The van der Waals surface area contributed by atoms with Crippen LogP contribution in [0.5, 0.6) is 0 Å². The average molecular weight is 173 g/mol. The Balaban J connectivity index is 3.67. The molecule has 0 unspecified atom stereocenters. The van der Waals surface area contributed by atoms with Crippen molar-refractivity contribution in [3.05, 3.63) is 0 Å². The molecule has 8 heteroatoms. The van der Waals surface area contributed by atoms with Crippen LogP contribution in [0.2, 0.25) is 0 Å². The lowest BCUT2D eigenvalue weighted by Gasteiger charge is -2.15. The van der Waals surface area contributed by atoms with Crippen molar-refractivity contribution in [3.63, 3.8) is 0 Å². The summed E-state index contributed by atoms with van der Waals surface area (Å²) in [6.45, 7) is 0. The highest BCUT2D eigenvalue weighted by Crippen LogP contribution is 2.32. The summed E-state index contributed by atoms with van der Waals surface area (Å²) in [5.41, 5.74) is 0. The van der Waals surface area contributed by atoms with Crippen molar-refractivity contribution in [3.8, 4) is 0 Å². The first kappa shape index (κ1) is 9.99. The molecular formula is C2H8NO6P. The van der Waals surface area contributed by atoms with Gasteiger partial charge in [0.15, 0.2) is 0 Å². The van der Waals surface area contributed by atoms with E-state index in [9.17, 15) is 4.57 Å². The first-order chi connectivity index (χ1) is 4.21. The van der Waals surface area contributed by atoms with Crippen LogP contribution in [-0.4, -0.2) is 37.5 Å².